The van der Waals surface area contributed by atoms with Crippen molar-refractivity contribution in [2.45, 2.75) is 44.2 Å². The van der Waals surface area contributed by atoms with Crippen LogP contribution in [-0.2, 0) is 27.3 Å². The molecule has 7 heteroatoms. The maximum absolute atomic E-state index is 14.1. The number of amides is 2. The highest BCUT2D eigenvalue weighted by Crippen LogP contribution is 2.38. The number of methoxy groups -OCH3 is 1. The second kappa shape index (κ2) is 12.3. The summed E-state index contributed by atoms with van der Waals surface area (Å²) in [5.41, 5.74) is 2.85. The number of anilines is 2. The number of ether oxygens (including phenoxy) is 2. The van der Waals surface area contributed by atoms with Gasteiger partial charge in [-0.3, -0.25) is 9.59 Å². The molecule has 39 heavy (non-hydrogen) atoms. The maximum atomic E-state index is 14.1. The number of morpholine rings is 1. The average Bonchev–Trinajstić information content (AvgIpc) is 3.49. The largest absolute Gasteiger partial charge is 0.497 e. The van der Waals surface area contributed by atoms with Crippen LogP contribution in [-0.4, -0.2) is 55.7 Å². The predicted octanol–water partition coefficient (Wildman–Crippen LogP) is 5.05. The van der Waals surface area contributed by atoms with Crippen LogP contribution >= 0.6 is 0 Å². The molecule has 2 amide bonds. The van der Waals surface area contributed by atoms with E-state index in [4.69, 9.17) is 9.47 Å². The molecular weight excluding hydrogens is 490 g/mol. The van der Waals surface area contributed by atoms with Gasteiger partial charge < -0.3 is 24.6 Å². The number of benzene rings is 3. The molecule has 3 aromatic rings. The molecule has 5 rings (SSSR count). The Morgan fingerprint density at radius 2 is 1.56 bits per heavy atom. The van der Waals surface area contributed by atoms with E-state index in [0.29, 0.717) is 19.4 Å². The lowest BCUT2D eigenvalue weighted by atomic mass is 9.91. The lowest BCUT2D eigenvalue weighted by Crippen LogP contribution is -2.57. The van der Waals surface area contributed by atoms with Crippen molar-refractivity contribution < 1.29 is 19.1 Å². The molecule has 1 aliphatic carbocycles. The van der Waals surface area contributed by atoms with Gasteiger partial charge in [-0.15, -0.1) is 0 Å². The normalized spacial score (nSPS) is 16.5. The third-order valence-corrected chi connectivity index (χ3v) is 7.87. The first-order chi connectivity index (χ1) is 19.1. The van der Waals surface area contributed by atoms with E-state index in [-0.39, 0.29) is 18.2 Å². The van der Waals surface area contributed by atoms with E-state index in [1.807, 2.05) is 83.8 Å². The van der Waals surface area contributed by atoms with Crippen molar-refractivity contribution in [2.75, 3.05) is 43.6 Å². The zero-order chi connectivity index (χ0) is 27.1. The van der Waals surface area contributed by atoms with E-state index in [1.54, 1.807) is 7.11 Å². The van der Waals surface area contributed by atoms with Crippen LogP contribution in [0.2, 0.25) is 0 Å². The Hall–Kier alpha value is -3.84. The van der Waals surface area contributed by atoms with Crippen LogP contribution in [0.3, 0.4) is 0 Å². The smallest absolute Gasteiger partial charge is 0.250 e. The van der Waals surface area contributed by atoms with Crippen molar-refractivity contribution in [2.24, 2.45) is 0 Å². The van der Waals surface area contributed by atoms with Crippen molar-refractivity contribution in [1.29, 1.82) is 0 Å². The molecule has 1 saturated heterocycles. The Labute approximate surface area is 230 Å². The fraction of sp³-hybridized carbons (Fsp3) is 0.375. The minimum Gasteiger partial charge on any atom is -0.497 e. The molecule has 0 spiro atoms. The highest BCUT2D eigenvalue weighted by molar-refractivity contribution is 6.01. The van der Waals surface area contributed by atoms with Crippen molar-refractivity contribution in [3.8, 4) is 5.75 Å². The van der Waals surface area contributed by atoms with Gasteiger partial charge >= 0.3 is 0 Å². The summed E-state index contributed by atoms with van der Waals surface area (Å²) in [6.07, 6.45) is 3.34. The van der Waals surface area contributed by atoms with Crippen molar-refractivity contribution >= 4 is 23.2 Å². The first-order valence-corrected chi connectivity index (χ1v) is 13.8. The highest BCUT2D eigenvalue weighted by atomic mass is 16.5. The lowest BCUT2D eigenvalue weighted by Gasteiger charge is -2.40. The molecule has 1 N–H and O–H groups in total. The van der Waals surface area contributed by atoms with Gasteiger partial charge in [-0.05, 0) is 60.4 Å². The molecule has 1 saturated carbocycles. The van der Waals surface area contributed by atoms with E-state index in [0.717, 1.165) is 67.4 Å². The zero-order valence-corrected chi connectivity index (χ0v) is 22.6. The molecule has 1 heterocycles. The van der Waals surface area contributed by atoms with Gasteiger partial charge in [0, 0.05) is 31.0 Å². The molecular formula is C32H37N3O4. The third kappa shape index (κ3) is 6.25. The number of carbonyl (C=O) groups excluding carboxylic acids is 2. The van der Waals surface area contributed by atoms with Crippen LogP contribution in [0.4, 0.5) is 11.4 Å². The molecule has 0 unspecified atom stereocenters. The van der Waals surface area contributed by atoms with E-state index in [1.165, 1.54) is 0 Å². The number of hydrogen-bond donors (Lipinski definition) is 1. The quantitative estimate of drug-likeness (QED) is 0.422. The van der Waals surface area contributed by atoms with Crippen molar-refractivity contribution in [3.63, 3.8) is 0 Å². The zero-order valence-electron chi connectivity index (χ0n) is 22.6. The summed E-state index contributed by atoms with van der Waals surface area (Å²) in [6, 6.07) is 25.4. The summed E-state index contributed by atoms with van der Waals surface area (Å²) in [4.78, 5) is 32.1. The van der Waals surface area contributed by atoms with Crippen LogP contribution in [0, 0.1) is 0 Å². The number of nitrogens with zero attached hydrogens (tertiary/aromatic N) is 2. The van der Waals surface area contributed by atoms with E-state index in [2.05, 4.69) is 10.2 Å². The number of rotatable bonds is 9. The van der Waals surface area contributed by atoms with Crippen LogP contribution < -0.4 is 15.0 Å². The molecule has 0 atom stereocenters. The summed E-state index contributed by atoms with van der Waals surface area (Å²) in [5, 5.41) is 3.16. The fourth-order valence-corrected chi connectivity index (χ4v) is 5.66. The van der Waals surface area contributed by atoms with Crippen LogP contribution in [0.25, 0.3) is 0 Å². The first kappa shape index (κ1) is 26.8. The standard InChI is InChI=1S/C32H37N3O4/c1-38-29-15-9-26(10-16-29)24-35(30(36)23-25-7-3-2-4-8-25)32(17-5-6-18-32)31(37)33-27-11-13-28(14-12-27)34-19-21-39-22-20-34/h2-4,7-16H,5-6,17-24H2,1H3,(H,33,37). The van der Waals surface area contributed by atoms with Gasteiger partial charge in [-0.1, -0.05) is 55.3 Å². The second-order valence-corrected chi connectivity index (χ2v) is 10.3. The Bertz CT molecular complexity index is 1230. The van der Waals surface area contributed by atoms with Gasteiger partial charge in [0.25, 0.3) is 0 Å². The molecule has 3 aromatic carbocycles. The third-order valence-electron chi connectivity index (χ3n) is 7.87. The molecule has 7 nitrogen and oxygen atoms in total. The van der Waals surface area contributed by atoms with Gasteiger partial charge in [0.1, 0.15) is 11.3 Å². The number of carbonyl (C=O) groups is 2. The minimum atomic E-state index is -0.908. The molecule has 0 radical (unpaired) electrons. The maximum Gasteiger partial charge on any atom is 0.250 e. The number of nitrogens with one attached hydrogen (secondary N) is 1. The topological polar surface area (TPSA) is 71.1 Å². The van der Waals surface area contributed by atoms with E-state index >= 15 is 0 Å². The van der Waals surface area contributed by atoms with Gasteiger partial charge in [0.05, 0.1) is 26.7 Å². The first-order valence-electron chi connectivity index (χ1n) is 13.8. The van der Waals surface area contributed by atoms with Gasteiger partial charge in [-0.25, -0.2) is 0 Å². The molecule has 2 aliphatic rings. The Morgan fingerprint density at radius 3 is 2.21 bits per heavy atom. The van der Waals surface area contributed by atoms with Crippen molar-refractivity contribution in [3.05, 3.63) is 90.0 Å². The van der Waals surface area contributed by atoms with Gasteiger partial charge in [0.2, 0.25) is 11.8 Å². The van der Waals surface area contributed by atoms with Crippen LogP contribution in [0.15, 0.2) is 78.9 Å². The molecule has 204 valence electrons. The number of hydrogen-bond acceptors (Lipinski definition) is 5. The lowest BCUT2D eigenvalue weighted by molar-refractivity contribution is -0.145. The summed E-state index contributed by atoms with van der Waals surface area (Å²) >= 11 is 0. The molecule has 2 fully saturated rings. The fourth-order valence-electron chi connectivity index (χ4n) is 5.66. The second-order valence-electron chi connectivity index (χ2n) is 10.3. The monoisotopic (exact) mass is 527 g/mol. The molecule has 0 bridgehead atoms. The van der Waals surface area contributed by atoms with Gasteiger partial charge in [-0.2, -0.15) is 0 Å². The van der Waals surface area contributed by atoms with Crippen LogP contribution in [0.5, 0.6) is 5.75 Å². The Morgan fingerprint density at radius 1 is 0.897 bits per heavy atom. The summed E-state index contributed by atoms with van der Waals surface area (Å²) in [6.45, 7) is 3.53. The summed E-state index contributed by atoms with van der Waals surface area (Å²) in [7, 11) is 1.63. The Kier molecular flexibility index (Phi) is 8.47. The molecule has 1 aliphatic heterocycles. The van der Waals surface area contributed by atoms with Crippen molar-refractivity contribution in [1.82, 2.24) is 4.90 Å². The Balaban J connectivity index is 1.39. The molecule has 0 aromatic heterocycles. The van der Waals surface area contributed by atoms with Gasteiger partial charge in [0.15, 0.2) is 0 Å². The van der Waals surface area contributed by atoms with E-state index in [9.17, 15) is 9.59 Å². The SMILES string of the molecule is COc1ccc(CN(C(=O)Cc2ccccc2)C2(C(=O)Nc3ccc(N4CCOCC4)cc3)CCCC2)cc1. The van der Waals surface area contributed by atoms with Crippen LogP contribution in [0.1, 0.15) is 36.8 Å². The van der Waals surface area contributed by atoms with E-state index < -0.39 is 5.54 Å². The summed E-state index contributed by atoms with van der Waals surface area (Å²) < 4.78 is 10.8. The highest BCUT2D eigenvalue weighted by Gasteiger charge is 2.48. The summed E-state index contributed by atoms with van der Waals surface area (Å²) in [5.74, 6) is 0.598. The minimum absolute atomic E-state index is 0.0447. The average molecular weight is 528 g/mol. The predicted molar refractivity (Wildman–Crippen MR) is 153 cm³/mol.